The fraction of sp³-hybridized carbons (Fsp3) is 0.250. The molecule has 2 aromatic carbocycles. The number of anilines is 1. The Morgan fingerprint density at radius 1 is 1.08 bits per heavy atom. The highest BCUT2D eigenvalue weighted by atomic mass is 16.5. The number of rotatable bonds is 2. The molecule has 1 aliphatic rings. The van der Waals surface area contributed by atoms with Gasteiger partial charge in [0.2, 0.25) is 5.95 Å². The van der Waals surface area contributed by atoms with Gasteiger partial charge < -0.3 is 10.5 Å². The molecule has 0 bridgehead atoms. The number of nitrogens with zero attached hydrogens (tertiary/aromatic N) is 4. The van der Waals surface area contributed by atoms with Crippen LogP contribution in [0.2, 0.25) is 0 Å². The molecule has 4 aromatic rings. The zero-order chi connectivity index (χ0) is 17.9. The van der Waals surface area contributed by atoms with Crippen molar-refractivity contribution < 1.29 is 4.74 Å². The number of para-hydroxylation sites is 1. The van der Waals surface area contributed by atoms with E-state index in [1.165, 1.54) is 35.7 Å². The predicted molar refractivity (Wildman–Crippen MR) is 102 cm³/mol. The summed E-state index contributed by atoms with van der Waals surface area (Å²) in [6, 6.07) is 16.5. The van der Waals surface area contributed by atoms with Crippen LogP contribution in [0.25, 0.3) is 16.6 Å². The van der Waals surface area contributed by atoms with Crippen molar-refractivity contribution in [3.8, 4) is 5.75 Å². The van der Waals surface area contributed by atoms with Crippen molar-refractivity contribution >= 4 is 22.5 Å². The Kier molecular flexibility index (Phi) is 4.39. The zero-order valence-corrected chi connectivity index (χ0v) is 14.7. The van der Waals surface area contributed by atoms with Gasteiger partial charge in [0.25, 0.3) is 0 Å². The summed E-state index contributed by atoms with van der Waals surface area (Å²) in [5.41, 5.74) is 8.70. The summed E-state index contributed by atoms with van der Waals surface area (Å²) in [5.74, 6) is 1.86. The van der Waals surface area contributed by atoms with Crippen LogP contribution in [0.1, 0.15) is 30.7 Å². The van der Waals surface area contributed by atoms with Crippen LogP contribution in [0.15, 0.2) is 54.9 Å². The van der Waals surface area contributed by atoms with Gasteiger partial charge in [-0.3, -0.25) is 0 Å². The van der Waals surface area contributed by atoms with E-state index in [0.717, 1.165) is 11.3 Å². The van der Waals surface area contributed by atoms with Gasteiger partial charge in [-0.05, 0) is 36.5 Å². The first kappa shape index (κ1) is 16.3. The molecule has 0 amide bonds. The molecule has 0 radical (unpaired) electrons. The highest BCUT2D eigenvalue weighted by molar-refractivity contribution is 5.95. The van der Waals surface area contributed by atoms with Crippen LogP contribution in [0, 0.1) is 0 Å². The predicted octanol–water partition coefficient (Wildman–Crippen LogP) is 3.82. The molecule has 1 aliphatic carbocycles. The topological polar surface area (TPSA) is 78.3 Å². The third-order valence-electron chi connectivity index (χ3n) is 4.83. The molecule has 26 heavy (non-hydrogen) atoms. The summed E-state index contributed by atoms with van der Waals surface area (Å²) in [7, 11) is 1.60. The number of nitrogen functional groups attached to an aromatic ring is 1. The highest BCUT2D eigenvalue weighted by Crippen LogP contribution is 2.35. The van der Waals surface area contributed by atoms with Gasteiger partial charge in [-0.15, -0.1) is 0 Å². The molecule has 0 spiro atoms. The minimum atomic E-state index is 0.296. The average molecular weight is 347 g/mol. The molecule has 6 nitrogen and oxygen atoms in total. The van der Waals surface area contributed by atoms with Crippen molar-refractivity contribution in [2.45, 2.75) is 25.2 Å². The van der Waals surface area contributed by atoms with Crippen LogP contribution in [-0.2, 0) is 0 Å². The Hall–Kier alpha value is -3.15. The summed E-state index contributed by atoms with van der Waals surface area (Å²) in [6.07, 6.45) is 5.69. The van der Waals surface area contributed by atoms with Crippen LogP contribution in [-0.4, -0.2) is 26.7 Å². The van der Waals surface area contributed by atoms with Crippen molar-refractivity contribution in [3.63, 3.8) is 0 Å². The lowest BCUT2D eigenvalue weighted by molar-refractivity contribution is 0.419. The van der Waals surface area contributed by atoms with Crippen LogP contribution in [0.4, 0.5) is 5.95 Å². The maximum absolute atomic E-state index is 5.78. The van der Waals surface area contributed by atoms with E-state index < -0.39 is 0 Å². The highest BCUT2D eigenvalue weighted by Gasteiger charge is 2.18. The molecule has 1 saturated carbocycles. The molecule has 2 N–H and O–H groups in total. The van der Waals surface area contributed by atoms with E-state index >= 15 is 0 Å². The Labute approximate surface area is 151 Å². The molecular formula is C20H21N5O. The van der Waals surface area contributed by atoms with Crippen molar-refractivity contribution in [1.82, 2.24) is 19.6 Å². The van der Waals surface area contributed by atoms with E-state index in [0.29, 0.717) is 22.9 Å². The average Bonchev–Trinajstić information content (AvgIpc) is 3.12. The fourth-order valence-corrected chi connectivity index (χ4v) is 3.20. The number of fused-ring (bicyclic) bond motifs is 3. The van der Waals surface area contributed by atoms with E-state index in [2.05, 4.69) is 45.4 Å². The quantitative estimate of drug-likeness (QED) is 0.596. The molecule has 1 fully saturated rings. The summed E-state index contributed by atoms with van der Waals surface area (Å²) in [6.45, 7) is 0. The molecule has 0 unspecified atom stereocenters. The second-order valence-electron chi connectivity index (χ2n) is 6.36. The molecule has 6 heteroatoms. The minimum absolute atomic E-state index is 0.296. The summed E-state index contributed by atoms with van der Waals surface area (Å²) >= 11 is 0. The Bertz CT molecular complexity index is 1020. The molecule has 5 rings (SSSR count). The van der Waals surface area contributed by atoms with E-state index in [4.69, 9.17) is 10.5 Å². The first-order valence-electron chi connectivity index (χ1n) is 8.75. The van der Waals surface area contributed by atoms with Gasteiger partial charge in [-0.1, -0.05) is 42.8 Å². The molecule has 2 aromatic heterocycles. The first-order chi connectivity index (χ1) is 12.8. The minimum Gasteiger partial charge on any atom is -0.494 e. The van der Waals surface area contributed by atoms with Crippen LogP contribution in [0.5, 0.6) is 5.75 Å². The van der Waals surface area contributed by atoms with Crippen LogP contribution >= 0.6 is 0 Å². The Morgan fingerprint density at radius 2 is 1.88 bits per heavy atom. The number of methoxy groups -OCH3 is 1. The van der Waals surface area contributed by atoms with E-state index in [1.807, 2.05) is 18.2 Å². The second-order valence-corrected chi connectivity index (χ2v) is 6.36. The van der Waals surface area contributed by atoms with Gasteiger partial charge in [0.1, 0.15) is 17.6 Å². The summed E-state index contributed by atoms with van der Waals surface area (Å²) in [4.78, 5) is 8.42. The van der Waals surface area contributed by atoms with Crippen molar-refractivity contribution in [1.29, 1.82) is 0 Å². The maximum atomic E-state index is 5.78. The van der Waals surface area contributed by atoms with Gasteiger partial charge in [-0.2, -0.15) is 9.61 Å². The summed E-state index contributed by atoms with van der Waals surface area (Å²) < 4.78 is 6.73. The second kappa shape index (κ2) is 7.00. The van der Waals surface area contributed by atoms with Gasteiger partial charge in [0.15, 0.2) is 5.65 Å². The monoisotopic (exact) mass is 347 g/mol. The lowest BCUT2D eigenvalue weighted by atomic mass is 9.80. The molecule has 2 heterocycles. The number of hydrogen-bond acceptors (Lipinski definition) is 5. The van der Waals surface area contributed by atoms with Crippen molar-refractivity contribution in [2.75, 3.05) is 12.8 Å². The number of aromatic nitrogens is 4. The fourth-order valence-electron chi connectivity index (χ4n) is 3.20. The normalized spacial score (nSPS) is 13.9. The lowest BCUT2D eigenvalue weighted by Crippen LogP contribution is -2.07. The SMILES string of the molecule is COc1cccc2c1nc(N)n1ncnc21.c1ccc(C2CCC2)cc1. The van der Waals surface area contributed by atoms with Crippen molar-refractivity contribution in [3.05, 3.63) is 60.4 Å². The van der Waals surface area contributed by atoms with Gasteiger partial charge in [0.05, 0.1) is 7.11 Å². The lowest BCUT2D eigenvalue weighted by Gasteiger charge is -2.25. The van der Waals surface area contributed by atoms with Gasteiger partial charge in [-0.25, -0.2) is 9.97 Å². The van der Waals surface area contributed by atoms with Crippen LogP contribution in [0.3, 0.4) is 0 Å². The third kappa shape index (κ3) is 2.94. The molecule has 132 valence electrons. The summed E-state index contributed by atoms with van der Waals surface area (Å²) in [5, 5.41) is 4.87. The first-order valence-corrected chi connectivity index (χ1v) is 8.75. The largest absolute Gasteiger partial charge is 0.494 e. The smallest absolute Gasteiger partial charge is 0.223 e. The molecule has 0 atom stereocenters. The third-order valence-corrected chi connectivity index (χ3v) is 4.83. The molecule has 0 saturated heterocycles. The maximum Gasteiger partial charge on any atom is 0.223 e. The van der Waals surface area contributed by atoms with Crippen molar-refractivity contribution in [2.24, 2.45) is 0 Å². The molecular weight excluding hydrogens is 326 g/mol. The number of hydrogen-bond donors (Lipinski definition) is 1. The van der Waals surface area contributed by atoms with E-state index in [1.54, 1.807) is 7.11 Å². The molecule has 0 aliphatic heterocycles. The van der Waals surface area contributed by atoms with E-state index in [9.17, 15) is 0 Å². The van der Waals surface area contributed by atoms with Gasteiger partial charge in [0, 0.05) is 5.39 Å². The van der Waals surface area contributed by atoms with Gasteiger partial charge >= 0.3 is 0 Å². The Morgan fingerprint density at radius 3 is 2.58 bits per heavy atom. The van der Waals surface area contributed by atoms with E-state index in [-0.39, 0.29) is 0 Å². The zero-order valence-electron chi connectivity index (χ0n) is 14.7. The van der Waals surface area contributed by atoms with Crippen LogP contribution < -0.4 is 10.5 Å². The number of nitrogens with two attached hydrogens (primary N) is 1. The number of benzene rings is 2. The Balaban J connectivity index is 0.000000144. The standard InChI is InChI=1S/C10H9N5O.C10H12/c1-16-7-4-2-3-6-8(7)14-10(11)15-9(6)12-5-13-15;1-2-5-9(6-3-1)10-7-4-8-10/h2-5H,1H3,(H2,11,14);1-3,5-6,10H,4,7-8H2. The number of ether oxygens (including phenoxy) is 1.